The highest BCUT2D eigenvalue weighted by molar-refractivity contribution is 5.71. The van der Waals surface area contributed by atoms with Gasteiger partial charge in [-0.3, -0.25) is 4.79 Å². The molecule has 1 aliphatic heterocycles. The van der Waals surface area contributed by atoms with Gasteiger partial charge in [-0.15, -0.1) is 0 Å². The van der Waals surface area contributed by atoms with Gasteiger partial charge < -0.3 is 15.1 Å². The molecule has 1 heterocycles. The molecular formula is C9H17NO3. The van der Waals surface area contributed by atoms with Gasteiger partial charge in [0, 0.05) is 19.7 Å². The molecule has 2 N–H and O–H groups in total. The number of nitrogens with zero attached hydrogens (tertiary/aromatic N) is 1. The average Bonchev–Trinajstić information content (AvgIpc) is 2.00. The number of carbonyl (C=O) groups is 1. The van der Waals surface area contributed by atoms with Crippen molar-refractivity contribution in [1.29, 1.82) is 0 Å². The topological polar surface area (TPSA) is 60.8 Å². The van der Waals surface area contributed by atoms with Gasteiger partial charge in [-0.2, -0.15) is 0 Å². The van der Waals surface area contributed by atoms with Crippen LogP contribution in [0.2, 0.25) is 0 Å². The maximum atomic E-state index is 10.4. The molecule has 0 aromatic heterocycles. The molecule has 4 heteroatoms. The standard InChI is InChI=1S/C9H17NO3/c11-5-3-1-2-4-10-6-8(7-10)9(12)13/h8,11H,1-7H2,(H,12,13). The molecule has 1 aliphatic rings. The lowest BCUT2D eigenvalue weighted by Crippen LogP contribution is -2.50. The Balaban J connectivity index is 1.93. The van der Waals surface area contributed by atoms with Gasteiger partial charge in [0.1, 0.15) is 0 Å². The van der Waals surface area contributed by atoms with Crippen molar-refractivity contribution in [2.45, 2.75) is 19.3 Å². The lowest BCUT2D eigenvalue weighted by molar-refractivity contribution is -0.147. The fourth-order valence-corrected chi connectivity index (χ4v) is 1.53. The predicted molar refractivity (Wildman–Crippen MR) is 48.5 cm³/mol. The Morgan fingerprint density at radius 1 is 1.31 bits per heavy atom. The zero-order valence-electron chi connectivity index (χ0n) is 7.78. The average molecular weight is 187 g/mol. The van der Waals surface area contributed by atoms with E-state index in [2.05, 4.69) is 4.90 Å². The van der Waals surface area contributed by atoms with E-state index in [0.717, 1.165) is 25.8 Å². The summed E-state index contributed by atoms with van der Waals surface area (Å²) in [4.78, 5) is 12.6. The number of carboxylic acid groups (broad SMARTS) is 1. The number of hydrogen-bond donors (Lipinski definition) is 2. The van der Waals surface area contributed by atoms with Crippen LogP contribution in [0.15, 0.2) is 0 Å². The Labute approximate surface area is 78.2 Å². The van der Waals surface area contributed by atoms with Gasteiger partial charge in [0.05, 0.1) is 5.92 Å². The lowest BCUT2D eigenvalue weighted by Gasteiger charge is -2.36. The van der Waals surface area contributed by atoms with Gasteiger partial charge in [-0.1, -0.05) is 0 Å². The molecule has 13 heavy (non-hydrogen) atoms. The summed E-state index contributed by atoms with van der Waals surface area (Å²) in [5.74, 6) is -0.815. The van der Waals surface area contributed by atoms with E-state index in [4.69, 9.17) is 10.2 Å². The molecule has 0 aliphatic carbocycles. The van der Waals surface area contributed by atoms with Crippen molar-refractivity contribution in [3.8, 4) is 0 Å². The van der Waals surface area contributed by atoms with Gasteiger partial charge >= 0.3 is 5.97 Å². The summed E-state index contributed by atoms with van der Waals surface area (Å²) in [7, 11) is 0. The zero-order chi connectivity index (χ0) is 9.68. The fraction of sp³-hybridized carbons (Fsp3) is 0.889. The highest BCUT2D eigenvalue weighted by Crippen LogP contribution is 2.15. The first-order chi connectivity index (χ1) is 6.24. The van der Waals surface area contributed by atoms with E-state index in [0.29, 0.717) is 13.1 Å². The first-order valence-corrected chi connectivity index (χ1v) is 4.80. The number of unbranched alkanes of at least 4 members (excludes halogenated alkanes) is 2. The summed E-state index contributed by atoms with van der Waals surface area (Å²) in [5, 5.41) is 17.1. The first-order valence-electron chi connectivity index (χ1n) is 4.80. The molecule has 0 atom stereocenters. The molecule has 0 saturated carbocycles. The minimum absolute atomic E-state index is 0.141. The van der Waals surface area contributed by atoms with E-state index in [1.165, 1.54) is 0 Å². The van der Waals surface area contributed by atoms with E-state index < -0.39 is 5.97 Å². The van der Waals surface area contributed by atoms with E-state index in [9.17, 15) is 4.79 Å². The summed E-state index contributed by atoms with van der Waals surface area (Å²) in [5.41, 5.74) is 0. The molecule has 1 rings (SSSR count). The van der Waals surface area contributed by atoms with Crippen LogP contribution in [-0.4, -0.2) is 47.3 Å². The van der Waals surface area contributed by atoms with Gasteiger partial charge in [0.25, 0.3) is 0 Å². The van der Waals surface area contributed by atoms with E-state index in [1.807, 2.05) is 0 Å². The quantitative estimate of drug-likeness (QED) is 0.582. The van der Waals surface area contributed by atoms with Crippen LogP contribution in [0.1, 0.15) is 19.3 Å². The minimum atomic E-state index is -0.674. The first kappa shape index (κ1) is 10.5. The normalized spacial score (nSPS) is 18.5. The van der Waals surface area contributed by atoms with Crippen LogP contribution < -0.4 is 0 Å². The number of aliphatic carboxylic acids is 1. The Kier molecular flexibility index (Phi) is 4.18. The number of aliphatic hydroxyl groups is 1. The second-order valence-electron chi connectivity index (χ2n) is 3.58. The van der Waals surface area contributed by atoms with Crippen molar-refractivity contribution < 1.29 is 15.0 Å². The second-order valence-corrected chi connectivity index (χ2v) is 3.58. The highest BCUT2D eigenvalue weighted by atomic mass is 16.4. The lowest BCUT2D eigenvalue weighted by atomic mass is 10.0. The van der Waals surface area contributed by atoms with E-state index in [-0.39, 0.29) is 12.5 Å². The number of aliphatic hydroxyl groups excluding tert-OH is 1. The maximum absolute atomic E-state index is 10.4. The monoisotopic (exact) mass is 187 g/mol. The Morgan fingerprint density at radius 3 is 2.54 bits per heavy atom. The van der Waals surface area contributed by atoms with Gasteiger partial charge in [0.2, 0.25) is 0 Å². The molecule has 0 radical (unpaired) electrons. The molecule has 0 aromatic carbocycles. The van der Waals surface area contributed by atoms with Gasteiger partial charge in [-0.25, -0.2) is 0 Å². The Hall–Kier alpha value is -0.610. The number of hydrogen-bond acceptors (Lipinski definition) is 3. The molecule has 0 bridgehead atoms. The van der Waals surface area contributed by atoms with Crippen LogP contribution in [0.4, 0.5) is 0 Å². The molecule has 4 nitrogen and oxygen atoms in total. The highest BCUT2D eigenvalue weighted by Gasteiger charge is 2.31. The van der Waals surface area contributed by atoms with Crippen molar-refractivity contribution in [1.82, 2.24) is 4.90 Å². The maximum Gasteiger partial charge on any atom is 0.309 e. The summed E-state index contributed by atoms with van der Waals surface area (Å²) in [6.45, 7) is 2.64. The van der Waals surface area contributed by atoms with E-state index >= 15 is 0 Å². The molecule has 0 aromatic rings. The van der Waals surface area contributed by atoms with Crippen molar-refractivity contribution >= 4 is 5.97 Å². The smallest absolute Gasteiger partial charge is 0.309 e. The molecule has 1 fully saturated rings. The summed E-state index contributed by atoms with van der Waals surface area (Å²) < 4.78 is 0. The molecule has 76 valence electrons. The van der Waals surface area contributed by atoms with Crippen molar-refractivity contribution in [3.05, 3.63) is 0 Å². The van der Waals surface area contributed by atoms with Crippen LogP contribution >= 0.6 is 0 Å². The van der Waals surface area contributed by atoms with Crippen molar-refractivity contribution in [2.24, 2.45) is 5.92 Å². The Bertz CT molecular complexity index is 166. The molecule has 0 spiro atoms. The summed E-state index contributed by atoms with van der Waals surface area (Å²) in [6, 6.07) is 0. The van der Waals surface area contributed by atoms with Crippen LogP contribution in [0.25, 0.3) is 0 Å². The van der Waals surface area contributed by atoms with Crippen LogP contribution in [0.5, 0.6) is 0 Å². The summed E-state index contributed by atoms with van der Waals surface area (Å²) >= 11 is 0. The SMILES string of the molecule is O=C(O)C1CN(CCCCCO)C1. The predicted octanol–water partition coefficient (Wildman–Crippen LogP) is 0.165. The molecule has 0 amide bonds. The van der Waals surface area contributed by atoms with E-state index in [1.54, 1.807) is 0 Å². The molecule has 0 unspecified atom stereocenters. The molecular weight excluding hydrogens is 170 g/mol. The van der Waals surface area contributed by atoms with Crippen LogP contribution in [0.3, 0.4) is 0 Å². The zero-order valence-corrected chi connectivity index (χ0v) is 7.78. The molecule has 1 saturated heterocycles. The van der Waals surface area contributed by atoms with Crippen LogP contribution in [-0.2, 0) is 4.79 Å². The Morgan fingerprint density at radius 2 is 2.00 bits per heavy atom. The number of carboxylic acids is 1. The van der Waals surface area contributed by atoms with Crippen LogP contribution in [0, 0.1) is 5.92 Å². The third-order valence-electron chi connectivity index (χ3n) is 2.44. The third-order valence-corrected chi connectivity index (χ3v) is 2.44. The number of likely N-dealkylation sites (tertiary alicyclic amines) is 1. The van der Waals surface area contributed by atoms with Crippen molar-refractivity contribution in [3.63, 3.8) is 0 Å². The van der Waals surface area contributed by atoms with Gasteiger partial charge in [-0.05, 0) is 25.8 Å². The summed E-state index contributed by atoms with van der Waals surface area (Å²) in [6.07, 6.45) is 2.95. The third kappa shape index (κ3) is 3.32. The second kappa shape index (κ2) is 5.19. The minimum Gasteiger partial charge on any atom is -0.481 e. The number of rotatable bonds is 6. The van der Waals surface area contributed by atoms with Gasteiger partial charge in [0.15, 0.2) is 0 Å². The largest absolute Gasteiger partial charge is 0.481 e. The van der Waals surface area contributed by atoms with Crippen molar-refractivity contribution in [2.75, 3.05) is 26.2 Å². The fourth-order valence-electron chi connectivity index (χ4n) is 1.53.